The molecule has 3 rings (SSSR count). The lowest BCUT2D eigenvalue weighted by atomic mass is 10.2. The molecule has 0 aliphatic rings. The molecule has 0 spiro atoms. The van der Waals surface area contributed by atoms with Crippen LogP contribution in [0.25, 0.3) is 22.4 Å². The first kappa shape index (κ1) is 13.1. The van der Waals surface area contributed by atoms with E-state index in [1.165, 1.54) is 6.07 Å². The van der Waals surface area contributed by atoms with Gasteiger partial charge >= 0.3 is 0 Å². The zero-order valence-corrected chi connectivity index (χ0v) is 11.4. The highest BCUT2D eigenvalue weighted by molar-refractivity contribution is 6.39. The Morgan fingerprint density at radius 3 is 2.40 bits per heavy atom. The van der Waals surface area contributed by atoms with Gasteiger partial charge in [-0.05, 0) is 24.3 Å². The van der Waals surface area contributed by atoms with Crippen molar-refractivity contribution in [1.82, 2.24) is 9.97 Å². The quantitative estimate of drug-likeness (QED) is 0.654. The smallest absolute Gasteiger partial charge is 0.186 e. The van der Waals surface area contributed by atoms with Crippen LogP contribution in [-0.4, -0.2) is 9.97 Å². The number of halogens is 4. The number of benzene rings is 2. The third-order valence-corrected chi connectivity index (χ3v) is 3.52. The van der Waals surface area contributed by atoms with E-state index in [-0.39, 0.29) is 21.2 Å². The van der Waals surface area contributed by atoms with E-state index in [0.717, 1.165) is 6.07 Å². The number of aromatic nitrogens is 2. The number of hydrogen-bond donors (Lipinski definition) is 2. The van der Waals surface area contributed by atoms with Crippen molar-refractivity contribution in [3.63, 3.8) is 0 Å². The van der Waals surface area contributed by atoms with E-state index in [2.05, 4.69) is 9.97 Å². The molecule has 1 heterocycles. The minimum atomic E-state index is -1.00. The zero-order valence-electron chi connectivity index (χ0n) is 9.85. The van der Waals surface area contributed by atoms with Gasteiger partial charge in [0.15, 0.2) is 11.6 Å². The van der Waals surface area contributed by atoms with Crippen molar-refractivity contribution < 1.29 is 8.78 Å². The highest BCUT2D eigenvalue weighted by atomic mass is 35.5. The number of aromatic amines is 1. The predicted molar refractivity (Wildman–Crippen MR) is 75.9 cm³/mol. The van der Waals surface area contributed by atoms with E-state index >= 15 is 0 Å². The number of nitrogens with one attached hydrogen (secondary N) is 1. The predicted octanol–water partition coefficient (Wildman–Crippen LogP) is 4.40. The number of nitrogens with two attached hydrogens (primary N) is 1. The third-order valence-electron chi connectivity index (χ3n) is 2.90. The molecule has 0 saturated carbocycles. The van der Waals surface area contributed by atoms with Gasteiger partial charge in [-0.1, -0.05) is 23.2 Å². The lowest BCUT2D eigenvalue weighted by Crippen LogP contribution is -1.90. The van der Waals surface area contributed by atoms with Crippen LogP contribution < -0.4 is 5.73 Å². The number of hydrogen-bond acceptors (Lipinski definition) is 2. The first-order valence-corrected chi connectivity index (χ1v) is 6.31. The summed E-state index contributed by atoms with van der Waals surface area (Å²) in [6.07, 6.45) is 0. The Hall–Kier alpha value is -1.85. The van der Waals surface area contributed by atoms with Gasteiger partial charge in [0.2, 0.25) is 0 Å². The van der Waals surface area contributed by atoms with Crippen LogP contribution in [0.3, 0.4) is 0 Å². The van der Waals surface area contributed by atoms with Crippen LogP contribution in [0, 0.1) is 11.6 Å². The van der Waals surface area contributed by atoms with E-state index in [0.29, 0.717) is 16.9 Å². The van der Waals surface area contributed by atoms with Crippen LogP contribution in [0.4, 0.5) is 14.5 Å². The van der Waals surface area contributed by atoms with Crippen LogP contribution in [0.1, 0.15) is 0 Å². The molecule has 0 unspecified atom stereocenters. The minimum Gasteiger partial charge on any atom is -0.396 e. The van der Waals surface area contributed by atoms with Crippen LogP contribution in [0.2, 0.25) is 10.0 Å². The summed E-state index contributed by atoms with van der Waals surface area (Å²) in [7, 11) is 0. The van der Waals surface area contributed by atoms with Crippen LogP contribution in [0.5, 0.6) is 0 Å². The molecular weight excluding hydrogens is 307 g/mol. The van der Waals surface area contributed by atoms with Gasteiger partial charge in [-0.3, -0.25) is 0 Å². The van der Waals surface area contributed by atoms with Gasteiger partial charge in [0.1, 0.15) is 11.3 Å². The van der Waals surface area contributed by atoms with Gasteiger partial charge in [0.05, 0.1) is 21.2 Å². The zero-order chi connectivity index (χ0) is 14.4. The monoisotopic (exact) mass is 313 g/mol. The number of anilines is 1. The van der Waals surface area contributed by atoms with Crippen molar-refractivity contribution in [3.8, 4) is 11.4 Å². The van der Waals surface area contributed by atoms with E-state index in [9.17, 15) is 8.78 Å². The molecule has 0 fully saturated rings. The molecule has 0 aliphatic carbocycles. The highest BCUT2D eigenvalue weighted by Crippen LogP contribution is 2.33. The van der Waals surface area contributed by atoms with Crippen molar-refractivity contribution in [1.29, 1.82) is 0 Å². The molecule has 1 aromatic heterocycles. The average Bonchev–Trinajstić information content (AvgIpc) is 2.84. The topological polar surface area (TPSA) is 54.7 Å². The Labute approximate surface area is 122 Å². The molecule has 7 heteroatoms. The fraction of sp³-hybridized carbons (Fsp3) is 0. The number of nitrogens with zero attached hydrogens (tertiary/aromatic N) is 1. The van der Waals surface area contributed by atoms with Gasteiger partial charge in [0.25, 0.3) is 0 Å². The van der Waals surface area contributed by atoms with Crippen molar-refractivity contribution in [2.45, 2.75) is 0 Å². The lowest BCUT2D eigenvalue weighted by Gasteiger charge is -2.03. The maximum Gasteiger partial charge on any atom is 0.186 e. The van der Waals surface area contributed by atoms with Crippen LogP contribution in [-0.2, 0) is 0 Å². The summed E-state index contributed by atoms with van der Waals surface area (Å²) in [6, 6.07) is 5.54. The standard InChI is InChI=1S/C13H7Cl2F2N3/c14-6-3-5(4-7(15)11(6)18)13-19-9-2-1-8(16)10(17)12(9)20-13/h1-4H,18H2,(H,19,20). The van der Waals surface area contributed by atoms with Gasteiger partial charge in [0, 0.05) is 5.56 Å². The molecule has 3 nitrogen and oxygen atoms in total. The summed E-state index contributed by atoms with van der Waals surface area (Å²) < 4.78 is 26.8. The molecular formula is C13H7Cl2F2N3. The van der Waals surface area contributed by atoms with Gasteiger partial charge in [-0.15, -0.1) is 0 Å². The Bertz CT molecular complexity index is 807. The second-order valence-corrected chi connectivity index (χ2v) is 5.01. The average molecular weight is 314 g/mol. The van der Waals surface area contributed by atoms with Crippen LogP contribution in [0.15, 0.2) is 24.3 Å². The lowest BCUT2D eigenvalue weighted by molar-refractivity contribution is 0.515. The SMILES string of the molecule is Nc1c(Cl)cc(-c2nc3c(F)c(F)ccc3[nH]2)cc1Cl. The first-order chi connectivity index (χ1) is 9.47. The molecule has 3 N–H and O–H groups in total. The molecule has 3 aromatic rings. The first-order valence-electron chi connectivity index (χ1n) is 5.56. The molecule has 2 aromatic carbocycles. The van der Waals surface area contributed by atoms with E-state index in [4.69, 9.17) is 28.9 Å². The molecule has 0 radical (unpaired) electrons. The summed E-state index contributed by atoms with van der Waals surface area (Å²) >= 11 is 11.9. The van der Waals surface area contributed by atoms with Gasteiger partial charge < -0.3 is 10.7 Å². The maximum atomic E-state index is 13.6. The van der Waals surface area contributed by atoms with E-state index < -0.39 is 11.6 Å². The Morgan fingerprint density at radius 1 is 1.10 bits per heavy atom. The molecule has 0 bridgehead atoms. The van der Waals surface area contributed by atoms with E-state index in [1.54, 1.807) is 12.1 Å². The number of nitrogen functional groups attached to an aromatic ring is 1. The fourth-order valence-electron chi connectivity index (χ4n) is 1.88. The Balaban J connectivity index is 2.23. The third kappa shape index (κ3) is 1.99. The fourth-order valence-corrected chi connectivity index (χ4v) is 2.36. The van der Waals surface area contributed by atoms with Crippen molar-refractivity contribution in [3.05, 3.63) is 45.9 Å². The summed E-state index contributed by atoms with van der Waals surface area (Å²) in [4.78, 5) is 6.90. The highest BCUT2D eigenvalue weighted by Gasteiger charge is 2.14. The summed E-state index contributed by atoms with van der Waals surface area (Å²) in [5, 5.41) is 0.527. The van der Waals surface area contributed by atoms with Crippen molar-refractivity contribution >= 4 is 39.9 Å². The molecule has 20 heavy (non-hydrogen) atoms. The van der Waals surface area contributed by atoms with Crippen LogP contribution >= 0.6 is 23.2 Å². The summed E-state index contributed by atoms with van der Waals surface area (Å²) in [5.41, 5.74) is 6.73. The van der Waals surface area contributed by atoms with Crippen molar-refractivity contribution in [2.24, 2.45) is 0 Å². The molecule has 0 saturated heterocycles. The molecule has 102 valence electrons. The Kier molecular flexibility index (Phi) is 3.03. The maximum absolute atomic E-state index is 13.6. The molecule has 0 amide bonds. The molecule has 0 aliphatic heterocycles. The van der Waals surface area contributed by atoms with E-state index in [1.807, 2.05) is 0 Å². The van der Waals surface area contributed by atoms with Crippen molar-refractivity contribution in [2.75, 3.05) is 5.73 Å². The molecule has 0 atom stereocenters. The van der Waals surface area contributed by atoms with Gasteiger partial charge in [-0.25, -0.2) is 13.8 Å². The second kappa shape index (κ2) is 4.61. The number of imidazole rings is 1. The number of rotatable bonds is 1. The Morgan fingerprint density at radius 2 is 1.75 bits per heavy atom. The normalized spacial score (nSPS) is 11.2. The second-order valence-electron chi connectivity index (χ2n) is 4.20. The number of fused-ring (bicyclic) bond motifs is 1. The summed E-state index contributed by atoms with van der Waals surface area (Å²) in [6.45, 7) is 0. The number of H-pyrrole nitrogens is 1. The largest absolute Gasteiger partial charge is 0.396 e. The summed E-state index contributed by atoms with van der Waals surface area (Å²) in [5.74, 6) is -1.63. The van der Waals surface area contributed by atoms with Gasteiger partial charge in [-0.2, -0.15) is 0 Å². The minimum absolute atomic E-state index is 0.0796.